The first-order valence-corrected chi connectivity index (χ1v) is 6.73. The van der Waals surface area contributed by atoms with Gasteiger partial charge in [-0.2, -0.15) is 0 Å². The number of hydrogen-bond acceptors (Lipinski definition) is 2. The summed E-state index contributed by atoms with van der Waals surface area (Å²) in [7, 11) is 0. The number of allylic oxidation sites excluding steroid dienone is 2. The van der Waals surface area contributed by atoms with Crippen molar-refractivity contribution in [2.75, 3.05) is 0 Å². The molecule has 3 heteroatoms. The minimum absolute atomic E-state index is 0. The summed E-state index contributed by atoms with van der Waals surface area (Å²) in [5.41, 5.74) is 2.95. The maximum absolute atomic E-state index is 11.3. The topological polar surface area (TPSA) is 43.3 Å². The van der Waals surface area contributed by atoms with Gasteiger partial charge >= 0.3 is 29.6 Å². The summed E-state index contributed by atoms with van der Waals surface area (Å²) >= 11 is 0. The molecule has 2 atom stereocenters. The fourth-order valence-electron chi connectivity index (χ4n) is 2.97. The second-order valence-corrected chi connectivity index (χ2v) is 5.91. The number of aliphatic hydroxyl groups excluding tert-OH is 1. The number of aliphatic hydroxyl groups is 1. The zero-order valence-electron chi connectivity index (χ0n) is 11.9. The van der Waals surface area contributed by atoms with Crippen LogP contribution in [-0.4, -0.2) is 17.3 Å². The maximum atomic E-state index is 11.3. The first-order chi connectivity index (χ1) is 8.00. The van der Waals surface area contributed by atoms with Crippen LogP contribution < -0.4 is 34.7 Å². The van der Waals surface area contributed by atoms with Crippen LogP contribution in [0.1, 0.15) is 52.4 Å². The largest absolute Gasteiger partial charge is 1.00 e. The number of rotatable bonds is 2. The van der Waals surface area contributed by atoms with Crippen LogP contribution in [0.2, 0.25) is 0 Å². The smallest absolute Gasteiger partial charge is 0.852 e. The van der Waals surface area contributed by atoms with Crippen molar-refractivity contribution < 1.29 is 39.8 Å². The van der Waals surface area contributed by atoms with E-state index in [1.54, 1.807) is 0 Å². The minimum Gasteiger partial charge on any atom is -0.852 e. The molecule has 96 valence electrons. The average Bonchev–Trinajstić information content (AvgIpc) is 2.30. The average molecular weight is 258 g/mol. The fraction of sp³-hybridized carbons (Fsp3) is 0.733. The summed E-state index contributed by atoms with van der Waals surface area (Å²) < 4.78 is 0. The molecule has 0 aromatic carbocycles. The molecular weight excluding hydrogens is 235 g/mol. The Morgan fingerprint density at radius 2 is 1.67 bits per heavy atom. The van der Waals surface area contributed by atoms with Gasteiger partial charge in [-0.25, -0.2) is 0 Å². The molecule has 0 aliphatic heterocycles. The van der Waals surface area contributed by atoms with Crippen LogP contribution in [0.5, 0.6) is 0 Å². The first kappa shape index (κ1) is 16.5. The third-order valence-corrected chi connectivity index (χ3v) is 4.35. The van der Waals surface area contributed by atoms with Crippen molar-refractivity contribution in [3.63, 3.8) is 0 Å². The molecule has 18 heavy (non-hydrogen) atoms. The van der Waals surface area contributed by atoms with E-state index in [0.717, 1.165) is 32.1 Å². The van der Waals surface area contributed by atoms with Gasteiger partial charge in [-0.1, -0.05) is 43.6 Å². The van der Waals surface area contributed by atoms with Gasteiger partial charge in [-0.15, -0.1) is 6.10 Å². The molecule has 2 aliphatic carbocycles. The van der Waals surface area contributed by atoms with Crippen molar-refractivity contribution in [1.82, 2.24) is 0 Å². The van der Waals surface area contributed by atoms with E-state index in [1.807, 2.05) is 0 Å². The molecule has 0 saturated carbocycles. The summed E-state index contributed by atoms with van der Waals surface area (Å²) in [5.74, 6) is 0. The van der Waals surface area contributed by atoms with Crippen LogP contribution in [0.25, 0.3) is 0 Å². The van der Waals surface area contributed by atoms with Crippen LogP contribution >= 0.6 is 0 Å². The molecule has 2 nitrogen and oxygen atoms in total. The van der Waals surface area contributed by atoms with Gasteiger partial charge in [0.05, 0.1) is 6.10 Å². The monoisotopic (exact) mass is 258 g/mol. The fourth-order valence-corrected chi connectivity index (χ4v) is 2.97. The molecule has 0 saturated heterocycles. The Balaban J connectivity index is 0.00000162. The summed E-state index contributed by atoms with van der Waals surface area (Å²) in [4.78, 5) is 0. The molecule has 2 rings (SSSR count). The van der Waals surface area contributed by atoms with E-state index in [2.05, 4.69) is 26.0 Å². The molecule has 0 aromatic rings. The molecular formula is C15H23NaO2. The summed E-state index contributed by atoms with van der Waals surface area (Å²) in [6, 6.07) is 0. The Kier molecular flexibility index (Phi) is 6.14. The quantitative estimate of drug-likeness (QED) is 0.527. The van der Waals surface area contributed by atoms with E-state index in [-0.39, 0.29) is 41.1 Å². The van der Waals surface area contributed by atoms with Crippen molar-refractivity contribution in [2.45, 2.75) is 64.6 Å². The van der Waals surface area contributed by atoms with Crippen LogP contribution in [0, 0.1) is 5.41 Å². The molecule has 0 aromatic heterocycles. The van der Waals surface area contributed by atoms with Crippen molar-refractivity contribution in [3.05, 3.63) is 23.3 Å². The van der Waals surface area contributed by atoms with E-state index < -0.39 is 6.10 Å². The predicted octanol–water partition coefficient (Wildman–Crippen LogP) is -0.673. The summed E-state index contributed by atoms with van der Waals surface area (Å²) in [5, 5.41) is 20.9. The van der Waals surface area contributed by atoms with Crippen LogP contribution in [-0.2, 0) is 0 Å². The Bertz CT molecular complexity index is 312. The zero-order chi connectivity index (χ0) is 12.5. The van der Waals surface area contributed by atoms with E-state index >= 15 is 0 Å². The van der Waals surface area contributed by atoms with Crippen molar-refractivity contribution in [3.8, 4) is 0 Å². The predicted molar refractivity (Wildman–Crippen MR) is 67.4 cm³/mol. The van der Waals surface area contributed by atoms with Gasteiger partial charge in [0, 0.05) is 5.41 Å². The molecule has 0 spiro atoms. The molecule has 2 aliphatic rings. The molecule has 0 amide bonds. The molecule has 0 bridgehead atoms. The van der Waals surface area contributed by atoms with Gasteiger partial charge in [0.25, 0.3) is 0 Å². The molecule has 0 radical (unpaired) electrons. The van der Waals surface area contributed by atoms with Gasteiger partial charge in [0.1, 0.15) is 0 Å². The second-order valence-electron chi connectivity index (χ2n) is 5.91. The van der Waals surface area contributed by atoms with E-state index in [4.69, 9.17) is 0 Å². The van der Waals surface area contributed by atoms with Crippen molar-refractivity contribution >= 4 is 0 Å². The van der Waals surface area contributed by atoms with Crippen LogP contribution in [0.4, 0.5) is 0 Å². The van der Waals surface area contributed by atoms with E-state index in [1.165, 1.54) is 11.1 Å². The van der Waals surface area contributed by atoms with Gasteiger partial charge in [0.15, 0.2) is 0 Å². The van der Waals surface area contributed by atoms with Gasteiger partial charge < -0.3 is 10.2 Å². The van der Waals surface area contributed by atoms with Gasteiger partial charge in [-0.3, -0.25) is 0 Å². The van der Waals surface area contributed by atoms with E-state index in [0.29, 0.717) is 6.42 Å². The SMILES string of the molecule is CC(C)(C1=CCC([O-])CC1)C1=CCC(O)CC1.[Na+]. The van der Waals surface area contributed by atoms with Crippen molar-refractivity contribution in [2.24, 2.45) is 5.41 Å². The number of hydrogen-bond donors (Lipinski definition) is 1. The maximum Gasteiger partial charge on any atom is 1.00 e. The summed E-state index contributed by atoms with van der Waals surface area (Å²) in [6.07, 6.45) is 8.90. The molecule has 1 N–H and O–H groups in total. The van der Waals surface area contributed by atoms with Crippen molar-refractivity contribution in [1.29, 1.82) is 0 Å². The van der Waals surface area contributed by atoms with Crippen LogP contribution in [0.3, 0.4) is 0 Å². The van der Waals surface area contributed by atoms with Crippen LogP contribution in [0.15, 0.2) is 23.3 Å². The zero-order valence-corrected chi connectivity index (χ0v) is 13.9. The summed E-state index contributed by atoms with van der Waals surface area (Å²) in [6.45, 7) is 4.51. The van der Waals surface area contributed by atoms with Gasteiger partial charge in [0.2, 0.25) is 0 Å². The Morgan fingerprint density at radius 1 is 1.11 bits per heavy atom. The Hall–Kier alpha value is 0.400. The third kappa shape index (κ3) is 3.71. The molecule has 2 unspecified atom stereocenters. The Morgan fingerprint density at radius 3 is 2.11 bits per heavy atom. The van der Waals surface area contributed by atoms with E-state index in [9.17, 15) is 10.2 Å². The minimum atomic E-state index is -0.392. The Labute approximate surface area is 132 Å². The molecule has 0 heterocycles. The first-order valence-electron chi connectivity index (χ1n) is 6.73. The van der Waals surface area contributed by atoms with Gasteiger partial charge in [-0.05, 0) is 32.1 Å². The second kappa shape index (κ2) is 6.71. The third-order valence-electron chi connectivity index (χ3n) is 4.35. The molecule has 0 fully saturated rings. The standard InChI is InChI=1S/C15H23O2.Na/c1-15(2,11-3-7-13(16)8-4-11)12-5-9-14(17)10-6-12;/h3,5,13-14,16H,4,6-10H2,1-2H3;/q-1;+1. The normalized spacial score (nSPS) is 29.1.